The van der Waals surface area contributed by atoms with E-state index in [0.717, 1.165) is 31.8 Å². The topological polar surface area (TPSA) is 70.7 Å². The Morgan fingerprint density at radius 3 is 2.62 bits per heavy atom. The number of esters is 1. The average molecular weight is 295 g/mol. The number of hydrogen-bond acceptors (Lipinski definition) is 4. The molecule has 2 heterocycles. The first-order valence-corrected chi connectivity index (χ1v) is 7.71. The zero-order chi connectivity index (χ0) is 15.4. The van der Waals surface area contributed by atoms with E-state index in [0.29, 0.717) is 24.4 Å². The van der Waals surface area contributed by atoms with Gasteiger partial charge in [-0.2, -0.15) is 0 Å². The predicted octanol–water partition coefficient (Wildman–Crippen LogP) is 1.24. The van der Waals surface area contributed by atoms with Gasteiger partial charge in [0, 0.05) is 12.2 Å². The summed E-state index contributed by atoms with van der Waals surface area (Å²) in [5.74, 6) is 0.402. The van der Waals surface area contributed by atoms with E-state index in [1.54, 1.807) is 6.92 Å². The molecule has 0 aromatic heterocycles. The Morgan fingerprint density at radius 1 is 1.33 bits per heavy atom. The van der Waals surface area contributed by atoms with Crippen LogP contribution in [0.25, 0.3) is 0 Å². The molecule has 1 fully saturated rings. The number of ether oxygens (including phenoxy) is 1. The number of carbonyl (C=O) groups is 2. The van der Waals surface area contributed by atoms with E-state index in [2.05, 4.69) is 22.5 Å². The number of likely N-dealkylation sites (tertiary alicyclic amines) is 1. The average Bonchev–Trinajstić information content (AvgIpc) is 2.41. The van der Waals surface area contributed by atoms with Crippen LogP contribution in [0.5, 0.6) is 0 Å². The van der Waals surface area contributed by atoms with E-state index < -0.39 is 0 Å². The molecule has 2 amide bonds. The molecule has 2 aliphatic heterocycles. The van der Waals surface area contributed by atoms with E-state index in [9.17, 15) is 9.59 Å². The Balaban J connectivity index is 2.14. The minimum Gasteiger partial charge on any atom is -0.463 e. The third kappa shape index (κ3) is 3.97. The van der Waals surface area contributed by atoms with Gasteiger partial charge in [0.05, 0.1) is 18.2 Å². The summed E-state index contributed by atoms with van der Waals surface area (Å²) in [7, 11) is 0. The van der Waals surface area contributed by atoms with E-state index in [1.165, 1.54) is 0 Å². The Kier molecular flexibility index (Phi) is 5.22. The number of amides is 2. The van der Waals surface area contributed by atoms with E-state index in [1.807, 2.05) is 6.92 Å². The quantitative estimate of drug-likeness (QED) is 0.766. The second-order valence-corrected chi connectivity index (χ2v) is 5.89. The van der Waals surface area contributed by atoms with Gasteiger partial charge in [-0.05, 0) is 45.7 Å². The summed E-state index contributed by atoms with van der Waals surface area (Å²) in [6.45, 7) is 8.77. The summed E-state index contributed by atoms with van der Waals surface area (Å²) < 4.78 is 5.12. The van der Waals surface area contributed by atoms with Crippen LogP contribution in [0.4, 0.5) is 4.79 Å². The molecule has 0 spiro atoms. The summed E-state index contributed by atoms with van der Waals surface area (Å²) in [4.78, 5) is 26.1. The minimum absolute atomic E-state index is 0.254. The molecule has 2 rings (SSSR count). The molecule has 0 saturated carbocycles. The summed E-state index contributed by atoms with van der Waals surface area (Å²) in [5, 5.41) is 5.50. The van der Waals surface area contributed by atoms with Gasteiger partial charge in [-0.3, -0.25) is 4.90 Å². The number of nitrogens with one attached hydrogen (secondary N) is 2. The van der Waals surface area contributed by atoms with Crippen LogP contribution in [0.1, 0.15) is 33.6 Å². The predicted molar refractivity (Wildman–Crippen MR) is 79.6 cm³/mol. The van der Waals surface area contributed by atoms with Gasteiger partial charge in [0.15, 0.2) is 0 Å². The summed E-state index contributed by atoms with van der Waals surface area (Å²) >= 11 is 0. The van der Waals surface area contributed by atoms with Gasteiger partial charge in [0.25, 0.3) is 0 Å². The lowest BCUT2D eigenvalue weighted by Gasteiger charge is -2.33. The molecule has 6 nitrogen and oxygen atoms in total. The maximum atomic E-state index is 12.1. The van der Waals surface area contributed by atoms with Crippen molar-refractivity contribution in [2.75, 3.05) is 26.2 Å². The van der Waals surface area contributed by atoms with Crippen LogP contribution in [-0.2, 0) is 9.53 Å². The van der Waals surface area contributed by atoms with E-state index in [-0.39, 0.29) is 18.0 Å². The molecule has 2 aliphatic rings. The maximum absolute atomic E-state index is 12.1. The number of rotatable bonds is 4. The minimum atomic E-state index is -0.349. The highest BCUT2D eigenvalue weighted by Gasteiger charge is 2.30. The zero-order valence-corrected chi connectivity index (χ0v) is 13.1. The Hall–Kier alpha value is -1.56. The fraction of sp³-hybridized carbons (Fsp3) is 0.733. The number of urea groups is 1. The molecule has 0 radical (unpaired) electrons. The Morgan fingerprint density at radius 2 is 2.00 bits per heavy atom. The molecular weight excluding hydrogens is 270 g/mol. The van der Waals surface area contributed by atoms with Crippen LogP contribution in [0.15, 0.2) is 11.3 Å². The molecule has 6 heteroatoms. The van der Waals surface area contributed by atoms with E-state index >= 15 is 0 Å². The monoisotopic (exact) mass is 295 g/mol. The third-order valence-corrected chi connectivity index (χ3v) is 4.12. The van der Waals surface area contributed by atoms with E-state index in [4.69, 9.17) is 4.74 Å². The number of hydrogen-bond donors (Lipinski definition) is 2. The first kappa shape index (κ1) is 15.8. The summed E-state index contributed by atoms with van der Waals surface area (Å²) in [6, 6.07) is -0.576. The van der Waals surface area contributed by atoms with Gasteiger partial charge in [0.1, 0.15) is 0 Å². The highest BCUT2D eigenvalue weighted by Crippen LogP contribution is 2.20. The van der Waals surface area contributed by atoms with Gasteiger partial charge in [-0.25, -0.2) is 9.59 Å². The summed E-state index contributed by atoms with van der Waals surface area (Å²) in [5.41, 5.74) is 1.22. The lowest BCUT2D eigenvalue weighted by atomic mass is 9.98. The van der Waals surface area contributed by atoms with Crippen molar-refractivity contribution in [1.29, 1.82) is 0 Å². The van der Waals surface area contributed by atoms with Crippen LogP contribution in [0.2, 0.25) is 0 Å². The zero-order valence-electron chi connectivity index (χ0n) is 13.1. The smallest absolute Gasteiger partial charge is 0.337 e. The molecule has 1 saturated heterocycles. The molecule has 0 aromatic rings. The summed E-state index contributed by atoms with van der Waals surface area (Å²) in [6.07, 6.45) is 2.31. The van der Waals surface area contributed by atoms with Crippen molar-refractivity contribution in [3.05, 3.63) is 11.3 Å². The van der Waals surface area contributed by atoms with Crippen molar-refractivity contribution in [1.82, 2.24) is 15.5 Å². The van der Waals surface area contributed by atoms with Gasteiger partial charge in [-0.15, -0.1) is 0 Å². The molecule has 1 unspecified atom stereocenters. The fourth-order valence-electron chi connectivity index (χ4n) is 2.85. The van der Waals surface area contributed by atoms with Crippen LogP contribution in [0.3, 0.4) is 0 Å². The lowest BCUT2D eigenvalue weighted by Crippen LogP contribution is -2.51. The molecule has 0 bridgehead atoms. The van der Waals surface area contributed by atoms with Crippen molar-refractivity contribution < 1.29 is 14.3 Å². The lowest BCUT2D eigenvalue weighted by molar-refractivity contribution is -0.139. The van der Waals surface area contributed by atoms with Crippen molar-refractivity contribution in [3.8, 4) is 0 Å². The van der Waals surface area contributed by atoms with Crippen molar-refractivity contribution in [2.45, 2.75) is 39.7 Å². The Bertz CT molecular complexity index is 439. The standard InChI is InChI=1S/C15H25N3O3/c1-4-21-14(19)13-11(3)16-15(20)17-12(13)9-18-7-5-10(2)6-8-18/h10-11H,4-9H2,1-3H3,(H2,16,17,20). The third-order valence-electron chi connectivity index (χ3n) is 4.12. The van der Waals surface area contributed by atoms with Crippen LogP contribution >= 0.6 is 0 Å². The molecule has 0 aliphatic carbocycles. The van der Waals surface area contributed by atoms with Crippen molar-refractivity contribution in [2.24, 2.45) is 5.92 Å². The maximum Gasteiger partial charge on any atom is 0.337 e. The highest BCUT2D eigenvalue weighted by molar-refractivity contribution is 5.94. The highest BCUT2D eigenvalue weighted by atomic mass is 16.5. The molecule has 0 aromatic carbocycles. The second kappa shape index (κ2) is 6.93. The molecule has 1 atom stereocenters. The van der Waals surface area contributed by atoms with Crippen molar-refractivity contribution in [3.63, 3.8) is 0 Å². The normalized spacial score (nSPS) is 24.5. The molecule has 2 N–H and O–H groups in total. The number of piperidine rings is 1. The first-order valence-electron chi connectivity index (χ1n) is 7.71. The van der Waals surface area contributed by atoms with Gasteiger partial charge in [-0.1, -0.05) is 6.92 Å². The van der Waals surface area contributed by atoms with Crippen LogP contribution < -0.4 is 10.6 Å². The molecule has 118 valence electrons. The largest absolute Gasteiger partial charge is 0.463 e. The first-order chi connectivity index (χ1) is 10.0. The molecule has 21 heavy (non-hydrogen) atoms. The van der Waals surface area contributed by atoms with Crippen molar-refractivity contribution >= 4 is 12.0 Å². The SMILES string of the molecule is CCOC(=O)C1=C(CN2CCC(C)CC2)NC(=O)NC1C. The number of carbonyl (C=O) groups excluding carboxylic acids is 2. The van der Waals surface area contributed by atoms with Crippen LogP contribution in [0, 0.1) is 5.92 Å². The second-order valence-electron chi connectivity index (χ2n) is 5.89. The van der Waals surface area contributed by atoms with Crippen LogP contribution in [-0.4, -0.2) is 49.2 Å². The fourth-order valence-corrected chi connectivity index (χ4v) is 2.85. The van der Waals surface area contributed by atoms with Gasteiger partial charge in [0.2, 0.25) is 0 Å². The Labute approximate surface area is 125 Å². The van der Waals surface area contributed by atoms with Gasteiger partial charge >= 0.3 is 12.0 Å². The van der Waals surface area contributed by atoms with Gasteiger partial charge < -0.3 is 15.4 Å². The number of nitrogens with zero attached hydrogens (tertiary/aromatic N) is 1. The molecular formula is C15H25N3O3.